The molecule has 0 aliphatic carbocycles. The van der Waals surface area contributed by atoms with Crippen molar-refractivity contribution < 1.29 is 28.6 Å². The molecule has 0 radical (unpaired) electrons. The number of rotatable bonds is 6. The molecule has 0 bridgehead atoms. The summed E-state index contributed by atoms with van der Waals surface area (Å²) in [4.78, 5) is 24.3. The van der Waals surface area contributed by atoms with E-state index < -0.39 is 17.4 Å². The average Bonchev–Trinajstić information content (AvgIpc) is 2.99. The van der Waals surface area contributed by atoms with Crippen molar-refractivity contribution in [1.82, 2.24) is 4.90 Å². The Hall–Kier alpha value is -2.31. The summed E-state index contributed by atoms with van der Waals surface area (Å²) in [6.07, 6.45) is 0.515. The molecule has 1 aromatic carbocycles. The van der Waals surface area contributed by atoms with Crippen LogP contribution < -0.4 is 4.74 Å². The number of amides is 1. The lowest BCUT2D eigenvalue weighted by atomic mass is 10.1. The fraction of sp³-hybridized carbons (Fsp3) is 0.579. The summed E-state index contributed by atoms with van der Waals surface area (Å²) in [5.41, 5.74) is -0.164. The van der Waals surface area contributed by atoms with E-state index in [1.807, 2.05) is 20.8 Å². The first-order valence-electron chi connectivity index (χ1n) is 8.75. The van der Waals surface area contributed by atoms with Crippen LogP contribution in [0.5, 0.6) is 5.75 Å². The van der Waals surface area contributed by atoms with E-state index in [0.29, 0.717) is 31.0 Å². The summed E-state index contributed by atoms with van der Waals surface area (Å²) in [5.74, 6) is -0.861. The normalized spacial score (nSPS) is 17.2. The maximum atomic E-state index is 14.0. The van der Waals surface area contributed by atoms with Gasteiger partial charge in [-0.3, -0.25) is 4.79 Å². The van der Waals surface area contributed by atoms with E-state index in [1.165, 1.54) is 6.07 Å². The van der Waals surface area contributed by atoms with Gasteiger partial charge in [0.15, 0.2) is 0 Å². The van der Waals surface area contributed by atoms with Gasteiger partial charge in [0, 0.05) is 31.5 Å². The Bertz CT molecular complexity index is 656. The van der Waals surface area contributed by atoms with Crippen molar-refractivity contribution in [3.8, 4) is 5.75 Å². The number of hydrogen-bond acceptors (Lipinski definition) is 4. The number of carboxylic acid groups (broad SMARTS) is 1. The number of aliphatic carboxylic acids is 1. The number of nitrogens with zero attached hydrogens (tertiary/aromatic N) is 1. The molecule has 2 rings (SSSR count). The molecule has 1 heterocycles. The topological polar surface area (TPSA) is 76.1 Å². The van der Waals surface area contributed by atoms with Crippen LogP contribution in [0.25, 0.3) is 0 Å². The monoisotopic (exact) mass is 367 g/mol. The minimum Gasteiger partial charge on any atom is -0.493 e. The highest BCUT2D eigenvalue weighted by molar-refractivity contribution is 5.68. The van der Waals surface area contributed by atoms with Gasteiger partial charge in [-0.2, -0.15) is 0 Å². The predicted molar refractivity (Wildman–Crippen MR) is 93.8 cm³/mol. The highest BCUT2D eigenvalue weighted by Gasteiger charge is 2.30. The summed E-state index contributed by atoms with van der Waals surface area (Å²) in [6.45, 7) is 7.04. The highest BCUT2D eigenvalue weighted by Crippen LogP contribution is 2.22. The van der Waals surface area contributed by atoms with Crippen LogP contribution in [0.2, 0.25) is 0 Å². The number of carboxylic acids is 1. The molecule has 1 saturated heterocycles. The molecular formula is C19H26FNO5. The van der Waals surface area contributed by atoms with Crippen LogP contribution in [0.15, 0.2) is 18.2 Å². The maximum Gasteiger partial charge on any atom is 0.410 e. The van der Waals surface area contributed by atoms with Gasteiger partial charge in [-0.15, -0.1) is 0 Å². The third kappa shape index (κ3) is 6.20. The summed E-state index contributed by atoms with van der Waals surface area (Å²) in [5, 5.41) is 8.66. The maximum absolute atomic E-state index is 14.0. The SMILES string of the molecule is CC(C)(C)OC(=O)N1CCC(COc2ccc(CCC(=O)O)c(F)c2)C1. The molecule has 0 spiro atoms. The summed E-state index contributed by atoms with van der Waals surface area (Å²) in [6, 6.07) is 4.47. The van der Waals surface area contributed by atoms with Gasteiger partial charge in [0.2, 0.25) is 0 Å². The van der Waals surface area contributed by atoms with Crippen molar-refractivity contribution in [3.63, 3.8) is 0 Å². The second-order valence-corrected chi connectivity index (χ2v) is 7.54. The van der Waals surface area contributed by atoms with E-state index >= 15 is 0 Å². The van der Waals surface area contributed by atoms with Crippen molar-refractivity contribution in [2.24, 2.45) is 5.92 Å². The number of benzene rings is 1. The van der Waals surface area contributed by atoms with E-state index in [0.717, 1.165) is 6.42 Å². The van der Waals surface area contributed by atoms with Gasteiger partial charge in [-0.25, -0.2) is 9.18 Å². The molecule has 26 heavy (non-hydrogen) atoms. The number of hydrogen-bond donors (Lipinski definition) is 1. The third-order valence-corrected chi connectivity index (χ3v) is 4.06. The quantitative estimate of drug-likeness (QED) is 0.833. The Labute approximate surface area is 152 Å². The van der Waals surface area contributed by atoms with Crippen LogP contribution >= 0.6 is 0 Å². The zero-order valence-electron chi connectivity index (χ0n) is 15.5. The lowest BCUT2D eigenvalue weighted by molar-refractivity contribution is -0.136. The van der Waals surface area contributed by atoms with Crippen molar-refractivity contribution in [3.05, 3.63) is 29.6 Å². The lowest BCUT2D eigenvalue weighted by Crippen LogP contribution is -2.35. The smallest absolute Gasteiger partial charge is 0.410 e. The van der Waals surface area contributed by atoms with E-state index in [-0.39, 0.29) is 24.9 Å². The second-order valence-electron chi connectivity index (χ2n) is 7.54. The molecule has 1 amide bonds. The Morgan fingerprint density at radius 2 is 2.08 bits per heavy atom. The standard InChI is InChI=1S/C19H26FNO5/c1-19(2,3)26-18(24)21-9-8-13(11-21)12-25-15-6-4-14(16(20)10-15)5-7-17(22)23/h4,6,10,13H,5,7-9,11-12H2,1-3H3,(H,22,23). The van der Waals surface area contributed by atoms with Crippen LogP contribution in [-0.2, 0) is 16.0 Å². The van der Waals surface area contributed by atoms with Crippen molar-refractivity contribution in [2.45, 2.75) is 45.6 Å². The molecule has 6 nitrogen and oxygen atoms in total. The summed E-state index contributed by atoms with van der Waals surface area (Å²) >= 11 is 0. The van der Waals surface area contributed by atoms with E-state index in [4.69, 9.17) is 14.6 Å². The predicted octanol–water partition coefficient (Wildman–Crippen LogP) is 3.48. The summed E-state index contributed by atoms with van der Waals surface area (Å²) < 4.78 is 25.0. The summed E-state index contributed by atoms with van der Waals surface area (Å²) in [7, 11) is 0. The molecule has 0 aromatic heterocycles. The van der Waals surface area contributed by atoms with E-state index in [9.17, 15) is 14.0 Å². The van der Waals surface area contributed by atoms with Crippen LogP contribution in [-0.4, -0.2) is 47.4 Å². The Morgan fingerprint density at radius 1 is 1.35 bits per heavy atom. The number of likely N-dealkylation sites (tertiary alicyclic amines) is 1. The van der Waals surface area contributed by atoms with Crippen molar-refractivity contribution >= 4 is 12.1 Å². The van der Waals surface area contributed by atoms with Gasteiger partial charge in [-0.05, 0) is 45.2 Å². The van der Waals surface area contributed by atoms with Gasteiger partial charge in [0.1, 0.15) is 17.2 Å². The van der Waals surface area contributed by atoms with Crippen LogP contribution in [0.1, 0.15) is 39.2 Å². The molecule has 1 unspecified atom stereocenters. The second kappa shape index (κ2) is 8.38. The Kier molecular flexibility index (Phi) is 6.45. The van der Waals surface area contributed by atoms with Crippen LogP contribution in [0.4, 0.5) is 9.18 Å². The first-order chi connectivity index (χ1) is 12.1. The minimum absolute atomic E-state index is 0.111. The lowest BCUT2D eigenvalue weighted by Gasteiger charge is -2.24. The molecule has 1 N–H and O–H groups in total. The van der Waals surface area contributed by atoms with Gasteiger partial charge < -0.3 is 19.5 Å². The third-order valence-electron chi connectivity index (χ3n) is 4.06. The number of halogens is 1. The number of carbonyl (C=O) groups is 2. The highest BCUT2D eigenvalue weighted by atomic mass is 19.1. The van der Waals surface area contributed by atoms with Crippen LogP contribution in [0, 0.1) is 11.7 Å². The fourth-order valence-corrected chi connectivity index (χ4v) is 2.74. The first-order valence-corrected chi connectivity index (χ1v) is 8.75. The van der Waals surface area contributed by atoms with Gasteiger partial charge in [0.25, 0.3) is 0 Å². The largest absolute Gasteiger partial charge is 0.493 e. The molecule has 1 atom stereocenters. The van der Waals surface area contributed by atoms with Gasteiger partial charge >= 0.3 is 12.1 Å². The molecular weight excluding hydrogens is 341 g/mol. The molecule has 144 valence electrons. The molecule has 1 aliphatic rings. The first kappa shape index (κ1) is 20.0. The number of aryl methyl sites for hydroxylation is 1. The Balaban J connectivity index is 1.81. The van der Waals surface area contributed by atoms with Gasteiger partial charge in [0.05, 0.1) is 6.61 Å². The average molecular weight is 367 g/mol. The molecule has 0 saturated carbocycles. The minimum atomic E-state index is -0.958. The van der Waals surface area contributed by atoms with Crippen molar-refractivity contribution in [1.29, 1.82) is 0 Å². The Morgan fingerprint density at radius 3 is 2.69 bits per heavy atom. The van der Waals surface area contributed by atoms with Crippen LogP contribution in [0.3, 0.4) is 0 Å². The van der Waals surface area contributed by atoms with E-state index in [1.54, 1.807) is 17.0 Å². The zero-order valence-corrected chi connectivity index (χ0v) is 15.5. The number of carbonyl (C=O) groups excluding carboxylic acids is 1. The van der Waals surface area contributed by atoms with Crippen molar-refractivity contribution in [2.75, 3.05) is 19.7 Å². The van der Waals surface area contributed by atoms with Gasteiger partial charge in [-0.1, -0.05) is 6.07 Å². The fourth-order valence-electron chi connectivity index (χ4n) is 2.74. The van der Waals surface area contributed by atoms with E-state index in [2.05, 4.69) is 0 Å². The molecule has 7 heteroatoms. The molecule has 1 aliphatic heterocycles. The molecule has 1 fully saturated rings. The zero-order chi connectivity index (χ0) is 19.3. The molecule has 1 aromatic rings. The number of ether oxygens (including phenoxy) is 2.